The molecule has 2 N–H and O–H groups in total. The fraction of sp³-hybridized carbons (Fsp3) is 0.452. The molecule has 1 atom stereocenters. The molecule has 1 aromatic heterocycles. The average Bonchev–Trinajstić information content (AvgIpc) is 2.99. The summed E-state index contributed by atoms with van der Waals surface area (Å²) in [6, 6.07) is 12.1. The fourth-order valence-electron chi connectivity index (χ4n) is 6.22. The minimum atomic E-state index is -0.276. The van der Waals surface area contributed by atoms with E-state index < -0.39 is 0 Å². The van der Waals surface area contributed by atoms with Gasteiger partial charge in [-0.05, 0) is 43.3 Å². The molecular weight excluding hydrogens is 520 g/mol. The predicted octanol–water partition coefficient (Wildman–Crippen LogP) is 2.57. The molecule has 1 amide bonds. The van der Waals surface area contributed by atoms with E-state index in [9.17, 15) is 15.0 Å². The second-order valence-corrected chi connectivity index (χ2v) is 11.1. The number of ether oxygens (including phenoxy) is 1. The average molecular weight is 559 g/mol. The summed E-state index contributed by atoms with van der Waals surface area (Å²) in [7, 11) is 0. The molecular formula is C31H38N6O4. The molecule has 2 fully saturated rings. The van der Waals surface area contributed by atoms with Crippen molar-refractivity contribution >= 4 is 28.2 Å². The lowest BCUT2D eigenvalue weighted by Crippen LogP contribution is -2.49. The number of amides is 1. The third-order valence-electron chi connectivity index (χ3n) is 8.37. The van der Waals surface area contributed by atoms with Crippen molar-refractivity contribution in [3.05, 3.63) is 60.3 Å². The van der Waals surface area contributed by atoms with Crippen molar-refractivity contribution in [3.63, 3.8) is 0 Å². The first kappa shape index (κ1) is 27.3. The summed E-state index contributed by atoms with van der Waals surface area (Å²) in [6.45, 7) is 10.3. The fourth-order valence-corrected chi connectivity index (χ4v) is 6.22. The molecule has 0 saturated carbocycles. The summed E-state index contributed by atoms with van der Waals surface area (Å²) in [5, 5.41) is 22.6. The van der Waals surface area contributed by atoms with Crippen molar-refractivity contribution in [3.8, 4) is 11.8 Å². The van der Waals surface area contributed by atoms with Crippen LogP contribution in [0.5, 0.6) is 11.8 Å². The Hall–Kier alpha value is -3.89. The van der Waals surface area contributed by atoms with Gasteiger partial charge in [-0.25, -0.2) is 0 Å². The van der Waals surface area contributed by atoms with E-state index in [4.69, 9.17) is 14.7 Å². The number of fused-ring (bicyclic) bond motifs is 2. The highest BCUT2D eigenvalue weighted by atomic mass is 16.5. The Balaban J connectivity index is 1.26. The van der Waals surface area contributed by atoms with Gasteiger partial charge in [0.25, 0.3) is 0 Å². The van der Waals surface area contributed by atoms with Crippen molar-refractivity contribution in [2.75, 3.05) is 68.8 Å². The SMILES string of the molecule is C=CC(=O)N1CCN(c2nc(OCCN3CCC[C@@H](O)C3)nc3c2CCN(c2cc(O)cc4ccccc24)C3)CC1. The molecule has 3 aliphatic heterocycles. The summed E-state index contributed by atoms with van der Waals surface area (Å²) >= 11 is 0. The number of carbonyl (C=O) groups excluding carboxylic acids is 1. The Morgan fingerprint density at radius 2 is 1.90 bits per heavy atom. The van der Waals surface area contributed by atoms with Gasteiger partial charge in [0.1, 0.15) is 18.2 Å². The smallest absolute Gasteiger partial charge is 0.318 e. The van der Waals surface area contributed by atoms with Crippen LogP contribution in [0, 0.1) is 0 Å². The number of anilines is 2. The normalized spacial score (nSPS) is 19.7. The van der Waals surface area contributed by atoms with Crippen LogP contribution in [-0.4, -0.2) is 101 Å². The topological polar surface area (TPSA) is 106 Å². The van der Waals surface area contributed by atoms with Gasteiger partial charge in [-0.2, -0.15) is 9.97 Å². The lowest BCUT2D eigenvalue weighted by molar-refractivity contribution is -0.126. The molecule has 216 valence electrons. The van der Waals surface area contributed by atoms with E-state index in [1.54, 1.807) is 6.07 Å². The van der Waals surface area contributed by atoms with Crippen LogP contribution in [0.4, 0.5) is 11.5 Å². The number of hydrogen-bond donors (Lipinski definition) is 2. The number of carbonyl (C=O) groups is 1. The van der Waals surface area contributed by atoms with Crippen LogP contribution in [0.25, 0.3) is 10.8 Å². The summed E-state index contributed by atoms with van der Waals surface area (Å²) in [6.07, 6.45) is 3.69. The van der Waals surface area contributed by atoms with Crippen molar-refractivity contribution in [2.24, 2.45) is 0 Å². The molecule has 3 aromatic rings. The molecule has 0 spiro atoms. The molecule has 2 saturated heterocycles. The number of aliphatic hydroxyl groups excluding tert-OH is 1. The van der Waals surface area contributed by atoms with E-state index in [-0.39, 0.29) is 17.8 Å². The Bertz CT molecular complexity index is 1420. The number of β-amino-alcohol motifs (C(OH)–C–C–N with tert-alkyl or cyclic N) is 1. The number of hydrogen-bond acceptors (Lipinski definition) is 9. The Labute approximate surface area is 240 Å². The highest BCUT2D eigenvalue weighted by Crippen LogP contribution is 2.36. The third-order valence-corrected chi connectivity index (χ3v) is 8.37. The summed E-state index contributed by atoms with van der Waals surface area (Å²) < 4.78 is 6.14. The van der Waals surface area contributed by atoms with E-state index >= 15 is 0 Å². The van der Waals surface area contributed by atoms with Gasteiger partial charge in [-0.1, -0.05) is 30.8 Å². The zero-order chi connectivity index (χ0) is 28.3. The van der Waals surface area contributed by atoms with E-state index in [1.165, 1.54) is 6.08 Å². The zero-order valence-corrected chi connectivity index (χ0v) is 23.4. The van der Waals surface area contributed by atoms with Crippen molar-refractivity contribution in [1.82, 2.24) is 19.8 Å². The van der Waals surface area contributed by atoms with Gasteiger partial charge >= 0.3 is 6.01 Å². The largest absolute Gasteiger partial charge is 0.508 e. The molecule has 3 aliphatic rings. The summed E-state index contributed by atoms with van der Waals surface area (Å²) in [4.78, 5) is 30.5. The third kappa shape index (κ3) is 5.94. The Kier molecular flexibility index (Phi) is 7.93. The second kappa shape index (κ2) is 11.9. The number of piperidine rings is 1. The van der Waals surface area contributed by atoms with Crippen LogP contribution in [-0.2, 0) is 17.8 Å². The Morgan fingerprint density at radius 1 is 1.07 bits per heavy atom. The van der Waals surface area contributed by atoms with Crippen molar-refractivity contribution in [2.45, 2.75) is 31.9 Å². The first-order valence-electron chi connectivity index (χ1n) is 14.5. The Morgan fingerprint density at radius 3 is 2.71 bits per heavy atom. The number of benzene rings is 2. The van der Waals surface area contributed by atoms with Crippen molar-refractivity contribution in [1.29, 1.82) is 0 Å². The van der Waals surface area contributed by atoms with Crippen LogP contribution in [0.3, 0.4) is 0 Å². The lowest BCUT2D eigenvalue weighted by Gasteiger charge is -2.38. The van der Waals surface area contributed by atoms with Gasteiger partial charge < -0.3 is 29.6 Å². The van der Waals surface area contributed by atoms with Gasteiger partial charge in [0.2, 0.25) is 5.91 Å². The highest BCUT2D eigenvalue weighted by molar-refractivity contribution is 5.95. The molecule has 10 nitrogen and oxygen atoms in total. The number of rotatable bonds is 7. The van der Waals surface area contributed by atoms with Gasteiger partial charge in [-0.15, -0.1) is 0 Å². The molecule has 4 heterocycles. The van der Waals surface area contributed by atoms with E-state index in [0.717, 1.165) is 65.9 Å². The second-order valence-electron chi connectivity index (χ2n) is 11.1. The quantitative estimate of drug-likeness (QED) is 0.424. The van der Waals surface area contributed by atoms with Crippen LogP contribution >= 0.6 is 0 Å². The maximum atomic E-state index is 12.2. The number of piperazine rings is 1. The first-order valence-corrected chi connectivity index (χ1v) is 14.5. The number of aliphatic hydroxyl groups is 1. The number of phenols is 1. The molecule has 0 radical (unpaired) electrons. The van der Waals surface area contributed by atoms with Crippen LogP contribution < -0.4 is 14.5 Å². The van der Waals surface area contributed by atoms with E-state index in [1.807, 2.05) is 29.2 Å². The van der Waals surface area contributed by atoms with E-state index in [0.29, 0.717) is 58.4 Å². The van der Waals surface area contributed by atoms with Gasteiger partial charge in [0, 0.05) is 68.5 Å². The molecule has 6 rings (SSSR count). The van der Waals surface area contributed by atoms with Gasteiger partial charge in [0.15, 0.2) is 0 Å². The van der Waals surface area contributed by atoms with Crippen LogP contribution in [0.15, 0.2) is 49.1 Å². The van der Waals surface area contributed by atoms with E-state index in [2.05, 4.69) is 27.3 Å². The molecule has 0 aliphatic carbocycles. The standard InChI is InChI=1S/C31H38N6O4/c1-2-29(40)35-12-14-36(15-13-35)30-26-9-11-37(28-19-24(39)18-22-6-3-4-8-25(22)28)21-27(26)32-31(33-30)41-17-16-34-10-5-7-23(38)20-34/h2-4,6,8,18-19,23,38-39H,1,5,7,9-17,20-21H2/t23-/m1/s1. The minimum Gasteiger partial charge on any atom is -0.508 e. The molecule has 0 bridgehead atoms. The first-order chi connectivity index (χ1) is 20.0. The number of aromatic hydroxyl groups is 1. The van der Waals surface area contributed by atoms with Crippen LogP contribution in [0.2, 0.25) is 0 Å². The maximum Gasteiger partial charge on any atom is 0.318 e. The molecule has 2 aromatic carbocycles. The lowest BCUT2D eigenvalue weighted by atomic mass is 10.0. The molecule has 0 unspecified atom stereocenters. The summed E-state index contributed by atoms with van der Waals surface area (Å²) in [5.41, 5.74) is 3.01. The number of likely N-dealkylation sites (tertiary alicyclic amines) is 1. The van der Waals surface area contributed by atoms with Gasteiger partial charge in [0.05, 0.1) is 18.3 Å². The molecule has 10 heteroatoms. The number of aromatic nitrogens is 2. The monoisotopic (exact) mass is 558 g/mol. The predicted molar refractivity (Wildman–Crippen MR) is 159 cm³/mol. The van der Waals surface area contributed by atoms with Crippen molar-refractivity contribution < 1.29 is 19.7 Å². The minimum absolute atomic E-state index is 0.0461. The maximum absolute atomic E-state index is 12.2. The van der Waals surface area contributed by atoms with Gasteiger partial charge in [-0.3, -0.25) is 9.69 Å². The zero-order valence-electron chi connectivity index (χ0n) is 23.4. The highest BCUT2D eigenvalue weighted by Gasteiger charge is 2.29. The molecule has 41 heavy (non-hydrogen) atoms. The van der Waals surface area contributed by atoms with Crippen LogP contribution in [0.1, 0.15) is 24.1 Å². The summed E-state index contributed by atoms with van der Waals surface area (Å²) in [5.74, 6) is 1.08. The number of phenolic OH excluding ortho intramolecular Hbond substituents is 1. The number of nitrogens with zero attached hydrogens (tertiary/aromatic N) is 6.